The van der Waals surface area contributed by atoms with Crippen molar-refractivity contribution in [2.45, 2.75) is 39.7 Å². The van der Waals surface area contributed by atoms with Crippen LogP contribution >= 0.6 is 0 Å². The molecule has 0 atom stereocenters. The predicted molar refractivity (Wildman–Crippen MR) is 93.0 cm³/mol. The van der Waals surface area contributed by atoms with Crippen LogP contribution in [0.1, 0.15) is 55.7 Å². The Labute approximate surface area is 142 Å². The van der Waals surface area contributed by atoms with Gasteiger partial charge in [-0.15, -0.1) is 0 Å². The van der Waals surface area contributed by atoms with Crippen LogP contribution in [0.15, 0.2) is 12.3 Å². The van der Waals surface area contributed by atoms with Gasteiger partial charge < -0.3 is 10.2 Å². The Bertz CT molecular complexity index is 764. The van der Waals surface area contributed by atoms with Crippen molar-refractivity contribution >= 4 is 22.8 Å². The highest BCUT2D eigenvalue weighted by molar-refractivity contribution is 6.06. The first-order chi connectivity index (χ1) is 11.3. The summed E-state index contributed by atoms with van der Waals surface area (Å²) in [6, 6.07) is 1.95. The molecule has 0 aliphatic rings. The summed E-state index contributed by atoms with van der Waals surface area (Å²) in [7, 11) is 3.17. The fraction of sp³-hybridized carbons (Fsp3) is 0.529. The number of nitrogens with zero attached hydrogens (tertiary/aromatic N) is 4. The van der Waals surface area contributed by atoms with E-state index in [0.717, 1.165) is 5.69 Å². The zero-order valence-corrected chi connectivity index (χ0v) is 15.1. The average Bonchev–Trinajstić information content (AvgIpc) is 2.96. The molecule has 0 spiro atoms. The largest absolute Gasteiger partial charge is 0.358 e. The standard InChI is InChI=1S/C17H25N5O2/c1-10(2)14-7-12(17(24)21(6)9-15(23)18-5)13-8-19-22(11(3)4)16(13)20-14/h7-8,10-11H,9H2,1-6H3,(H,18,23). The maximum atomic E-state index is 12.8. The van der Waals surface area contributed by atoms with E-state index in [9.17, 15) is 9.59 Å². The van der Waals surface area contributed by atoms with Crippen LogP contribution < -0.4 is 5.32 Å². The molecule has 0 aliphatic heterocycles. The van der Waals surface area contributed by atoms with E-state index < -0.39 is 0 Å². The van der Waals surface area contributed by atoms with Gasteiger partial charge in [-0.3, -0.25) is 9.59 Å². The molecule has 2 aromatic rings. The van der Waals surface area contributed by atoms with Crippen molar-refractivity contribution in [1.82, 2.24) is 25.0 Å². The van der Waals surface area contributed by atoms with E-state index in [0.29, 0.717) is 16.6 Å². The highest BCUT2D eigenvalue weighted by atomic mass is 16.2. The molecule has 0 unspecified atom stereocenters. The first kappa shape index (κ1) is 17.9. The highest BCUT2D eigenvalue weighted by Gasteiger charge is 2.22. The van der Waals surface area contributed by atoms with Crippen LogP contribution in [0.2, 0.25) is 0 Å². The first-order valence-electron chi connectivity index (χ1n) is 8.10. The number of nitrogens with one attached hydrogen (secondary N) is 1. The second kappa shape index (κ2) is 6.98. The van der Waals surface area contributed by atoms with Crippen LogP contribution in [0, 0.1) is 0 Å². The molecule has 2 aromatic heterocycles. The number of carbonyl (C=O) groups is 2. The number of pyridine rings is 1. The van der Waals surface area contributed by atoms with Crippen molar-refractivity contribution < 1.29 is 9.59 Å². The van der Waals surface area contributed by atoms with E-state index in [1.807, 2.05) is 38.4 Å². The summed E-state index contributed by atoms with van der Waals surface area (Å²) < 4.78 is 1.82. The van der Waals surface area contributed by atoms with Crippen molar-refractivity contribution in [3.05, 3.63) is 23.5 Å². The monoisotopic (exact) mass is 331 g/mol. The van der Waals surface area contributed by atoms with Crippen LogP contribution in [0.25, 0.3) is 11.0 Å². The van der Waals surface area contributed by atoms with Crippen LogP contribution in [0.5, 0.6) is 0 Å². The Morgan fingerprint density at radius 1 is 1.29 bits per heavy atom. The Hall–Kier alpha value is -2.44. The third-order valence-electron chi connectivity index (χ3n) is 3.90. The van der Waals surface area contributed by atoms with E-state index in [-0.39, 0.29) is 30.3 Å². The fourth-order valence-electron chi connectivity index (χ4n) is 2.46. The fourth-order valence-corrected chi connectivity index (χ4v) is 2.46. The molecule has 0 aliphatic carbocycles. The van der Waals surface area contributed by atoms with E-state index in [1.165, 1.54) is 4.90 Å². The smallest absolute Gasteiger partial charge is 0.254 e. The molecular weight excluding hydrogens is 306 g/mol. The molecule has 0 saturated carbocycles. The number of aromatic nitrogens is 3. The van der Waals surface area contributed by atoms with Gasteiger partial charge in [0, 0.05) is 25.8 Å². The summed E-state index contributed by atoms with van der Waals surface area (Å²) in [4.78, 5) is 30.5. The van der Waals surface area contributed by atoms with E-state index in [2.05, 4.69) is 15.4 Å². The van der Waals surface area contributed by atoms with Gasteiger partial charge in [-0.1, -0.05) is 13.8 Å². The molecule has 2 rings (SSSR count). The Morgan fingerprint density at radius 2 is 1.96 bits per heavy atom. The lowest BCUT2D eigenvalue weighted by molar-refractivity contribution is -0.121. The summed E-state index contributed by atoms with van der Waals surface area (Å²) in [5.41, 5.74) is 2.07. The first-order valence-corrected chi connectivity index (χ1v) is 8.10. The molecule has 130 valence electrons. The van der Waals surface area contributed by atoms with Gasteiger partial charge in [-0.05, 0) is 25.8 Å². The van der Waals surface area contributed by atoms with Gasteiger partial charge in [0.1, 0.15) is 0 Å². The lowest BCUT2D eigenvalue weighted by Crippen LogP contribution is -2.37. The average molecular weight is 331 g/mol. The molecule has 0 radical (unpaired) electrons. The lowest BCUT2D eigenvalue weighted by Gasteiger charge is -2.18. The molecule has 0 fully saturated rings. The number of hydrogen-bond donors (Lipinski definition) is 1. The topological polar surface area (TPSA) is 80.1 Å². The van der Waals surface area contributed by atoms with Crippen molar-refractivity contribution in [3.63, 3.8) is 0 Å². The third-order valence-corrected chi connectivity index (χ3v) is 3.90. The van der Waals surface area contributed by atoms with Gasteiger partial charge in [0.05, 0.1) is 23.7 Å². The maximum absolute atomic E-state index is 12.8. The van der Waals surface area contributed by atoms with Crippen molar-refractivity contribution in [2.24, 2.45) is 0 Å². The Morgan fingerprint density at radius 3 is 2.50 bits per heavy atom. The minimum Gasteiger partial charge on any atom is -0.358 e. The molecule has 1 N–H and O–H groups in total. The van der Waals surface area contributed by atoms with Crippen molar-refractivity contribution in [3.8, 4) is 0 Å². The molecule has 0 saturated heterocycles. The number of hydrogen-bond acceptors (Lipinski definition) is 4. The highest BCUT2D eigenvalue weighted by Crippen LogP contribution is 2.25. The molecule has 7 heteroatoms. The van der Waals surface area contributed by atoms with E-state index in [4.69, 9.17) is 0 Å². The lowest BCUT2D eigenvalue weighted by atomic mass is 10.0. The number of carbonyl (C=O) groups excluding carboxylic acids is 2. The van der Waals surface area contributed by atoms with E-state index >= 15 is 0 Å². The van der Waals surface area contributed by atoms with Crippen LogP contribution in [0.4, 0.5) is 0 Å². The molecule has 0 aromatic carbocycles. The molecule has 2 heterocycles. The summed E-state index contributed by atoms with van der Waals surface area (Å²) >= 11 is 0. The summed E-state index contributed by atoms with van der Waals surface area (Å²) in [6.45, 7) is 8.12. The zero-order chi connectivity index (χ0) is 18.0. The third kappa shape index (κ3) is 3.39. The summed E-state index contributed by atoms with van der Waals surface area (Å²) in [5.74, 6) is -0.241. The second-order valence-corrected chi connectivity index (χ2v) is 6.50. The minimum absolute atomic E-state index is 0.00841. The van der Waals surface area contributed by atoms with Gasteiger partial charge in [0.25, 0.3) is 5.91 Å². The molecular formula is C17H25N5O2. The van der Waals surface area contributed by atoms with Crippen molar-refractivity contribution in [2.75, 3.05) is 20.6 Å². The molecule has 2 amide bonds. The van der Waals surface area contributed by atoms with Gasteiger partial charge in [-0.2, -0.15) is 5.10 Å². The number of rotatable bonds is 5. The van der Waals surface area contributed by atoms with Crippen LogP contribution in [0.3, 0.4) is 0 Å². The quantitative estimate of drug-likeness (QED) is 0.908. The predicted octanol–water partition coefficient (Wildman–Crippen LogP) is 1.95. The summed E-state index contributed by atoms with van der Waals surface area (Å²) in [5, 5.41) is 7.62. The SMILES string of the molecule is CNC(=O)CN(C)C(=O)c1cc(C(C)C)nc2c1cnn2C(C)C. The molecule has 7 nitrogen and oxygen atoms in total. The maximum Gasteiger partial charge on any atom is 0.254 e. The van der Waals surface area contributed by atoms with Crippen LogP contribution in [-0.2, 0) is 4.79 Å². The Kier molecular flexibility index (Phi) is 5.21. The normalized spacial score (nSPS) is 11.3. The number of likely N-dealkylation sites (N-methyl/N-ethyl adjacent to an activating group) is 2. The second-order valence-electron chi connectivity index (χ2n) is 6.50. The molecule has 24 heavy (non-hydrogen) atoms. The number of amides is 2. The van der Waals surface area contributed by atoms with Gasteiger partial charge >= 0.3 is 0 Å². The summed E-state index contributed by atoms with van der Waals surface area (Å²) in [6.07, 6.45) is 1.67. The molecule has 0 bridgehead atoms. The van der Waals surface area contributed by atoms with Gasteiger partial charge in [-0.25, -0.2) is 9.67 Å². The van der Waals surface area contributed by atoms with Gasteiger partial charge in [0.2, 0.25) is 5.91 Å². The minimum atomic E-state index is -0.212. The van der Waals surface area contributed by atoms with Gasteiger partial charge in [0.15, 0.2) is 5.65 Å². The van der Waals surface area contributed by atoms with E-state index in [1.54, 1.807) is 20.3 Å². The number of fused-ring (bicyclic) bond motifs is 1. The Balaban J connectivity index is 2.55. The zero-order valence-electron chi connectivity index (χ0n) is 15.1. The van der Waals surface area contributed by atoms with Crippen LogP contribution in [-0.4, -0.2) is 52.1 Å². The van der Waals surface area contributed by atoms with Crippen molar-refractivity contribution in [1.29, 1.82) is 0 Å².